The van der Waals surface area contributed by atoms with Gasteiger partial charge in [0.1, 0.15) is 6.10 Å². The zero-order valence-electron chi connectivity index (χ0n) is 21.3. The molecule has 0 aliphatic rings. The van der Waals surface area contributed by atoms with Crippen LogP contribution in [0.15, 0.2) is 12.2 Å². The highest BCUT2D eigenvalue weighted by atomic mass is 16.5. The minimum atomic E-state index is -0.892. The number of carbonyl (C=O) groups is 2. The minimum absolute atomic E-state index is 0.0822. The van der Waals surface area contributed by atoms with Crippen LogP contribution in [0.25, 0.3) is 0 Å². The summed E-state index contributed by atoms with van der Waals surface area (Å²) in [5, 5.41) is 9.12. The summed E-state index contributed by atoms with van der Waals surface area (Å²) in [7, 11) is 0. The number of carboxylic acids is 1. The molecule has 0 spiro atoms. The molecule has 0 heterocycles. The maximum absolute atomic E-state index is 12.1. The van der Waals surface area contributed by atoms with Gasteiger partial charge in [0.15, 0.2) is 0 Å². The Hall–Kier alpha value is -1.32. The van der Waals surface area contributed by atoms with E-state index in [-0.39, 0.29) is 12.4 Å². The van der Waals surface area contributed by atoms with E-state index in [1.54, 1.807) is 0 Å². The van der Waals surface area contributed by atoms with E-state index in [2.05, 4.69) is 26.0 Å². The third-order valence-corrected chi connectivity index (χ3v) is 5.97. The summed E-state index contributed by atoms with van der Waals surface area (Å²) >= 11 is 0. The third-order valence-electron chi connectivity index (χ3n) is 5.97. The third kappa shape index (κ3) is 23.3. The van der Waals surface area contributed by atoms with Crippen LogP contribution in [0, 0.1) is 0 Å². The summed E-state index contributed by atoms with van der Waals surface area (Å²) in [6, 6.07) is 0. The van der Waals surface area contributed by atoms with Gasteiger partial charge in [-0.3, -0.25) is 9.59 Å². The highest BCUT2D eigenvalue weighted by Gasteiger charge is 2.17. The van der Waals surface area contributed by atoms with Crippen LogP contribution in [0.1, 0.15) is 149 Å². The molecule has 1 N–H and O–H groups in total. The Labute approximate surface area is 198 Å². The molecule has 0 aromatic heterocycles. The Morgan fingerprint density at radius 2 is 1.16 bits per heavy atom. The van der Waals surface area contributed by atoms with Crippen molar-refractivity contribution in [3.8, 4) is 0 Å². The van der Waals surface area contributed by atoms with Gasteiger partial charge in [-0.2, -0.15) is 0 Å². The number of carbonyl (C=O) groups excluding carboxylic acids is 1. The molecule has 0 rings (SSSR count). The average molecular weight is 453 g/mol. The SMILES string of the molecule is CCCCCC/C=C\CCCC(=O)OC(CCCCCCCCCCCCC)CC(=O)O. The molecular formula is C28H52O4. The van der Waals surface area contributed by atoms with Crippen molar-refractivity contribution in [1.29, 1.82) is 0 Å². The molecular weight excluding hydrogens is 400 g/mol. The summed E-state index contributed by atoms with van der Waals surface area (Å²) in [6.07, 6.45) is 26.5. The van der Waals surface area contributed by atoms with Gasteiger partial charge in [-0.15, -0.1) is 0 Å². The molecule has 0 saturated heterocycles. The van der Waals surface area contributed by atoms with Crippen molar-refractivity contribution in [2.45, 2.75) is 155 Å². The summed E-state index contributed by atoms with van der Waals surface area (Å²) in [5.74, 6) is -1.15. The second-order valence-corrected chi connectivity index (χ2v) is 9.25. The quantitative estimate of drug-likeness (QED) is 0.0902. The molecule has 0 saturated carbocycles. The van der Waals surface area contributed by atoms with Crippen molar-refractivity contribution in [1.82, 2.24) is 0 Å². The number of carboxylic acid groups (broad SMARTS) is 1. The van der Waals surface area contributed by atoms with Crippen molar-refractivity contribution in [3.63, 3.8) is 0 Å². The van der Waals surface area contributed by atoms with Gasteiger partial charge >= 0.3 is 11.9 Å². The van der Waals surface area contributed by atoms with Crippen LogP contribution in [-0.2, 0) is 14.3 Å². The van der Waals surface area contributed by atoms with E-state index in [0.29, 0.717) is 12.8 Å². The average Bonchev–Trinajstić information content (AvgIpc) is 2.75. The first-order chi connectivity index (χ1) is 15.6. The molecule has 0 aliphatic heterocycles. The molecule has 0 radical (unpaired) electrons. The smallest absolute Gasteiger partial charge is 0.307 e. The molecule has 0 aromatic rings. The van der Waals surface area contributed by atoms with Crippen LogP contribution in [-0.4, -0.2) is 23.1 Å². The molecule has 0 aliphatic carbocycles. The van der Waals surface area contributed by atoms with Crippen LogP contribution in [0.3, 0.4) is 0 Å². The van der Waals surface area contributed by atoms with E-state index in [0.717, 1.165) is 32.1 Å². The van der Waals surface area contributed by atoms with Gasteiger partial charge in [0.25, 0.3) is 0 Å². The maximum Gasteiger partial charge on any atom is 0.307 e. The van der Waals surface area contributed by atoms with Crippen LogP contribution < -0.4 is 0 Å². The topological polar surface area (TPSA) is 63.6 Å². The van der Waals surface area contributed by atoms with Gasteiger partial charge < -0.3 is 9.84 Å². The van der Waals surface area contributed by atoms with Crippen LogP contribution in [0.5, 0.6) is 0 Å². The van der Waals surface area contributed by atoms with Crippen molar-refractivity contribution >= 4 is 11.9 Å². The zero-order valence-corrected chi connectivity index (χ0v) is 21.3. The molecule has 1 atom stereocenters. The number of ether oxygens (including phenoxy) is 1. The van der Waals surface area contributed by atoms with E-state index in [9.17, 15) is 9.59 Å². The second kappa shape index (κ2) is 24.3. The van der Waals surface area contributed by atoms with Gasteiger partial charge in [0.05, 0.1) is 6.42 Å². The lowest BCUT2D eigenvalue weighted by Gasteiger charge is -2.16. The van der Waals surface area contributed by atoms with Gasteiger partial charge in [-0.05, 0) is 38.5 Å². The minimum Gasteiger partial charge on any atom is -0.481 e. The predicted octanol–water partition coefficient (Wildman–Crippen LogP) is 8.77. The first-order valence-corrected chi connectivity index (χ1v) is 13.7. The molecule has 188 valence electrons. The Morgan fingerprint density at radius 3 is 1.69 bits per heavy atom. The first-order valence-electron chi connectivity index (χ1n) is 13.7. The first kappa shape index (κ1) is 30.7. The Morgan fingerprint density at radius 1 is 0.688 bits per heavy atom. The Kier molecular flexibility index (Phi) is 23.3. The lowest BCUT2D eigenvalue weighted by atomic mass is 10.0. The number of rotatable bonds is 24. The highest BCUT2D eigenvalue weighted by molar-refractivity contribution is 5.71. The van der Waals surface area contributed by atoms with E-state index in [1.165, 1.54) is 83.5 Å². The maximum atomic E-state index is 12.1. The number of aliphatic carboxylic acids is 1. The van der Waals surface area contributed by atoms with E-state index in [1.807, 2.05) is 0 Å². The fourth-order valence-electron chi connectivity index (χ4n) is 3.97. The lowest BCUT2D eigenvalue weighted by molar-refractivity contribution is -0.153. The number of allylic oxidation sites excluding steroid dienone is 2. The Balaban J connectivity index is 3.80. The van der Waals surface area contributed by atoms with Gasteiger partial charge in [0, 0.05) is 6.42 Å². The van der Waals surface area contributed by atoms with Crippen molar-refractivity contribution in [2.75, 3.05) is 0 Å². The largest absolute Gasteiger partial charge is 0.481 e. The summed E-state index contributed by atoms with van der Waals surface area (Å²) in [4.78, 5) is 23.2. The molecule has 4 heteroatoms. The molecule has 0 aromatic carbocycles. The van der Waals surface area contributed by atoms with Gasteiger partial charge in [0.2, 0.25) is 0 Å². The molecule has 32 heavy (non-hydrogen) atoms. The summed E-state index contributed by atoms with van der Waals surface area (Å²) < 4.78 is 5.48. The normalized spacial score (nSPS) is 12.3. The summed E-state index contributed by atoms with van der Waals surface area (Å²) in [5.41, 5.74) is 0. The lowest BCUT2D eigenvalue weighted by Crippen LogP contribution is -2.21. The molecule has 0 fully saturated rings. The van der Waals surface area contributed by atoms with E-state index >= 15 is 0 Å². The number of hydrogen-bond donors (Lipinski definition) is 1. The fraction of sp³-hybridized carbons (Fsp3) is 0.857. The molecule has 4 nitrogen and oxygen atoms in total. The second-order valence-electron chi connectivity index (χ2n) is 9.25. The molecule has 1 unspecified atom stereocenters. The fourth-order valence-corrected chi connectivity index (χ4v) is 3.97. The monoisotopic (exact) mass is 452 g/mol. The zero-order chi connectivity index (χ0) is 23.7. The van der Waals surface area contributed by atoms with Crippen molar-refractivity contribution in [3.05, 3.63) is 12.2 Å². The van der Waals surface area contributed by atoms with Crippen LogP contribution >= 0.6 is 0 Å². The molecule has 0 bridgehead atoms. The predicted molar refractivity (Wildman–Crippen MR) is 135 cm³/mol. The number of unbranched alkanes of at least 4 members (excludes halogenated alkanes) is 15. The van der Waals surface area contributed by atoms with Gasteiger partial charge in [-0.1, -0.05) is 109 Å². The number of hydrogen-bond acceptors (Lipinski definition) is 3. The van der Waals surface area contributed by atoms with Crippen molar-refractivity contribution < 1.29 is 19.4 Å². The van der Waals surface area contributed by atoms with E-state index < -0.39 is 12.1 Å². The van der Waals surface area contributed by atoms with Gasteiger partial charge in [-0.25, -0.2) is 0 Å². The number of esters is 1. The van der Waals surface area contributed by atoms with Crippen LogP contribution in [0.2, 0.25) is 0 Å². The standard InChI is InChI=1S/C28H52O4/c1-3-5-7-9-11-13-14-16-17-19-21-23-26(25-27(29)30)32-28(31)24-22-20-18-15-12-10-8-6-4-2/h15,18,26H,3-14,16-17,19-25H2,1-2H3,(H,29,30)/b18-15-. The van der Waals surface area contributed by atoms with Crippen LogP contribution in [0.4, 0.5) is 0 Å². The summed E-state index contributed by atoms with van der Waals surface area (Å²) in [6.45, 7) is 4.46. The molecule has 0 amide bonds. The Bertz CT molecular complexity index is 458. The van der Waals surface area contributed by atoms with Crippen molar-refractivity contribution in [2.24, 2.45) is 0 Å². The highest BCUT2D eigenvalue weighted by Crippen LogP contribution is 2.16. The van der Waals surface area contributed by atoms with E-state index in [4.69, 9.17) is 9.84 Å².